The van der Waals surface area contributed by atoms with Crippen molar-refractivity contribution in [2.45, 2.75) is 19.3 Å². The number of carbonyl (C=O) groups is 2. The zero-order valence-corrected chi connectivity index (χ0v) is 15.3. The maximum Gasteiger partial charge on any atom is 0.303 e. The quantitative estimate of drug-likeness (QED) is 0.514. The van der Waals surface area contributed by atoms with Crippen LogP contribution in [-0.2, 0) is 14.3 Å². The van der Waals surface area contributed by atoms with Crippen molar-refractivity contribution in [3.63, 3.8) is 0 Å². The summed E-state index contributed by atoms with van der Waals surface area (Å²) in [6.07, 6.45) is 3.80. The normalized spacial score (nSPS) is 18.8. The molecule has 2 aliphatic rings. The van der Waals surface area contributed by atoms with Crippen LogP contribution in [0.25, 0.3) is 5.57 Å². The van der Waals surface area contributed by atoms with E-state index in [9.17, 15) is 9.59 Å². The number of allylic oxidation sites excluding steroid dienone is 4. The highest BCUT2D eigenvalue weighted by molar-refractivity contribution is 6.06. The fourth-order valence-corrected chi connectivity index (χ4v) is 3.24. The molecule has 0 amide bonds. The van der Waals surface area contributed by atoms with Crippen molar-refractivity contribution in [3.8, 4) is 0 Å². The van der Waals surface area contributed by atoms with E-state index in [0.29, 0.717) is 16.8 Å². The lowest BCUT2D eigenvalue weighted by molar-refractivity contribution is -0.137. The lowest BCUT2D eigenvalue weighted by atomic mass is 9.82. The molecule has 0 spiro atoms. The number of ketones is 1. The molecule has 1 aromatic carbocycles. The van der Waals surface area contributed by atoms with Gasteiger partial charge < -0.3 is 15.6 Å². The first-order chi connectivity index (χ1) is 13.4. The fourth-order valence-electron chi connectivity index (χ4n) is 3.24. The van der Waals surface area contributed by atoms with Crippen molar-refractivity contribution in [2.75, 3.05) is 7.11 Å². The third-order valence-corrected chi connectivity index (χ3v) is 4.65. The number of benzene rings is 1. The van der Waals surface area contributed by atoms with Gasteiger partial charge in [0.2, 0.25) is 5.88 Å². The van der Waals surface area contributed by atoms with Crippen LogP contribution in [0.2, 0.25) is 0 Å². The first-order valence-electron chi connectivity index (χ1n) is 8.71. The Bertz CT molecular complexity index is 955. The number of carboxylic acid groups (broad SMARTS) is 1. The van der Waals surface area contributed by atoms with E-state index < -0.39 is 11.9 Å². The van der Waals surface area contributed by atoms with Gasteiger partial charge in [0.25, 0.3) is 0 Å². The molecule has 0 radical (unpaired) electrons. The third kappa shape index (κ3) is 4.06. The Morgan fingerprint density at radius 3 is 2.64 bits per heavy atom. The van der Waals surface area contributed by atoms with Crippen molar-refractivity contribution in [1.82, 2.24) is 0 Å². The second kappa shape index (κ2) is 7.99. The number of nitrogen functional groups attached to an aromatic ring is 1. The second-order valence-electron chi connectivity index (χ2n) is 6.51. The number of hydrogen-bond acceptors (Lipinski definition) is 6. The minimum absolute atomic E-state index is 0.0257. The number of nitrogens with one attached hydrogen (secondary N) is 1. The lowest BCUT2D eigenvalue weighted by Crippen LogP contribution is -2.18. The number of carbonyl (C=O) groups excluding carboxylic acids is 1. The summed E-state index contributed by atoms with van der Waals surface area (Å²) in [6, 6.07) is 7.05. The number of Topliss-reactive ketones (excluding diaryl/α,β-unsaturated/α-hetero) is 1. The third-order valence-electron chi connectivity index (χ3n) is 4.65. The molecule has 1 aromatic rings. The van der Waals surface area contributed by atoms with E-state index in [2.05, 4.69) is 10.2 Å². The molecule has 1 aliphatic carbocycles. The summed E-state index contributed by atoms with van der Waals surface area (Å²) in [5, 5.41) is 24.7. The maximum absolute atomic E-state index is 12.9. The molecule has 1 heterocycles. The summed E-state index contributed by atoms with van der Waals surface area (Å²) in [5.74, 6) is -1.26. The largest absolute Gasteiger partial charge is 0.481 e. The summed E-state index contributed by atoms with van der Waals surface area (Å²) in [4.78, 5) is 23.9. The van der Waals surface area contributed by atoms with Crippen LogP contribution >= 0.6 is 0 Å². The lowest BCUT2D eigenvalue weighted by Gasteiger charge is -2.21. The SMILES string of the molecule is COC1=CC(CCC(=O)O)C2=C(C=C(c3ccc(C(=N)N)cc3)CC2=O)N=N1. The van der Waals surface area contributed by atoms with Gasteiger partial charge in [0.15, 0.2) is 5.78 Å². The number of ether oxygens (including phenoxy) is 1. The van der Waals surface area contributed by atoms with Crippen LogP contribution in [0.1, 0.15) is 30.4 Å². The van der Waals surface area contributed by atoms with Crippen LogP contribution in [0.4, 0.5) is 0 Å². The van der Waals surface area contributed by atoms with E-state index >= 15 is 0 Å². The van der Waals surface area contributed by atoms with Crippen LogP contribution in [0.3, 0.4) is 0 Å². The van der Waals surface area contributed by atoms with E-state index in [-0.39, 0.29) is 36.8 Å². The molecule has 0 bridgehead atoms. The molecule has 144 valence electrons. The summed E-state index contributed by atoms with van der Waals surface area (Å²) in [5.41, 5.74) is 8.56. The molecule has 0 saturated heterocycles. The zero-order chi connectivity index (χ0) is 20.3. The predicted octanol–water partition coefficient (Wildman–Crippen LogP) is 3.02. The highest BCUT2D eigenvalue weighted by Gasteiger charge is 2.30. The van der Waals surface area contributed by atoms with Gasteiger partial charge in [-0.2, -0.15) is 0 Å². The van der Waals surface area contributed by atoms with Gasteiger partial charge >= 0.3 is 5.97 Å². The van der Waals surface area contributed by atoms with Crippen LogP contribution in [0, 0.1) is 11.3 Å². The molecule has 0 saturated carbocycles. The molecule has 28 heavy (non-hydrogen) atoms. The standard InChI is InChI=1S/C20H20N4O4/c1-28-17-10-13(6-7-18(26)27)19-15(23-24-17)8-14(9-16(19)25)11-2-4-12(5-3-11)20(21)22/h2-5,8,10,13H,6-7,9H2,1H3,(H3,21,22)(H,26,27). The number of methoxy groups -OCH3 is 1. The summed E-state index contributed by atoms with van der Waals surface area (Å²) < 4.78 is 5.16. The number of hydrogen-bond donors (Lipinski definition) is 3. The van der Waals surface area contributed by atoms with Crippen LogP contribution < -0.4 is 5.73 Å². The van der Waals surface area contributed by atoms with Crippen LogP contribution in [0.15, 0.2) is 63.8 Å². The van der Waals surface area contributed by atoms with E-state index in [1.165, 1.54) is 7.11 Å². The maximum atomic E-state index is 12.9. The smallest absolute Gasteiger partial charge is 0.303 e. The second-order valence-corrected chi connectivity index (χ2v) is 6.51. The molecule has 0 fully saturated rings. The Hall–Kier alpha value is -3.55. The Morgan fingerprint density at radius 1 is 1.32 bits per heavy atom. The number of aliphatic carboxylic acids is 1. The molecular formula is C20H20N4O4. The van der Waals surface area contributed by atoms with E-state index in [1.54, 1.807) is 36.4 Å². The summed E-state index contributed by atoms with van der Waals surface area (Å²) in [7, 11) is 1.45. The van der Waals surface area contributed by atoms with Crippen molar-refractivity contribution in [1.29, 1.82) is 5.41 Å². The minimum atomic E-state index is -0.933. The highest BCUT2D eigenvalue weighted by atomic mass is 16.5. The monoisotopic (exact) mass is 380 g/mol. The van der Waals surface area contributed by atoms with Crippen molar-refractivity contribution in [3.05, 3.63) is 64.7 Å². The number of amidine groups is 1. The van der Waals surface area contributed by atoms with Crippen molar-refractivity contribution in [2.24, 2.45) is 21.9 Å². The summed E-state index contributed by atoms with van der Waals surface area (Å²) >= 11 is 0. The fraction of sp³-hybridized carbons (Fsp3) is 0.250. The van der Waals surface area contributed by atoms with Gasteiger partial charge in [-0.05, 0) is 29.7 Å². The molecule has 1 unspecified atom stereocenters. The van der Waals surface area contributed by atoms with Crippen LogP contribution in [-0.4, -0.2) is 29.8 Å². The number of nitrogens with two attached hydrogens (primary N) is 1. The Labute approximate surface area is 161 Å². The van der Waals surface area contributed by atoms with Gasteiger partial charge in [-0.25, -0.2) is 0 Å². The average molecular weight is 380 g/mol. The van der Waals surface area contributed by atoms with Gasteiger partial charge in [0.05, 0.1) is 12.8 Å². The molecular weight excluding hydrogens is 360 g/mol. The van der Waals surface area contributed by atoms with Gasteiger partial charge in [-0.3, -0.25) is 15.0 Å². The summed E-state index contributed by atoms with van der Waals surface area (Å²) in [6.45, 7) is 0. The topological polar surface area (TPSA) is 138 Å². The Morgan fingerprint density at radius 2 is 2.04 bits per heavy atom. The minimum Gasteiger partial charge on any atom is -0.481 e. The molecule has 8 heteroatoms. The van der Waals surface area contributed by atoms with E-state index in [0.717, 1.165) is 11.1 Å². The number of azo groups is 1. The van der Waals surface area contributed by atoms with Crippen molar-refractivity contribution < 1.29 is 19.4 Å². The predicted molar refractivity (Wildman–Crippen MR) is 102 cm³/mol. The number of rotatable bonds is 6. The molecule has 3 rings (SSSR count). The van der Waals surface area contributed by atoms with Gasteiger partial charge in [0.1, 0.15) is 5.84 Å². The molecule has 4 N–H and O–H groups in total. The van der Waals surface area contributed by atoms with Gasteiger partial charge in [-0.15, -0.1) is 10.2 Å². The number of nitrogens with zero attached hydrogens (tertiary/aromatic N) is 2. The zero-order valence-electron chi connectivity index (χ0n) is 15.3. The van der Waals surface area contributed by atoms with E-state index in [1.807, 2.05) is 0 Å². The van der Waals surface area contributed by atoms with Gasteiger partial charge in [0, 0.05) is 29.9 Å². The molecule has 8 nitrogen and oxygen atoms in total. The Kier molecular flexibility index (Phi) is 5.49. The van der Waals surface area contributed by atoms with Crippen molar-refractivity contribution >= 4 is 23.2 Å². The Balaban J connectivity index is 1.99. The van der Waals surface area contributed by atoms with Crippen LogP contribution in [0.5, 0.6) is 0 Å². The molecule has 1 aliphatic heterocycles. The molecule has 1 atom stereocenters. The van der Waals surface area contributed by atoms with Gasteiger partial charge in [-0.1, -0.05) is 24.3 Å². The first-order valence-corrected chi connectivity index (χ1v) is 8.71. The average Bonchev–Trinajstić information content (AvgIpc) is 2.86. The highest BCUT2D eigenvalue weighted by Crippen LogP contribution is 2.37. The number of carboxylic acids is 1. The first kappa shape index (κ1) is 19.2. The van der Waals surface area contributed by atoms with E-state index in [4.69, 9.17) is 21.0 Å². The molecule has 0 aromatic heterocycles.